The van der Waals surface area contributed by atoms with Gasteiger partial charge in [-0.3, -0.25) is 4.79 Å². The van der Waals surface area contributed by atoms with E-state index in [1.807, 2.05) is 36.2 Å². The van der Waals surface area contributed by atoms with E-state index in [1.165, 1.54) is 17.7 Å². The summed E-state index contributed by atoms with van der Waals surface area (Å²) in [5.41, 5.74) is 2.23. The SMILES string of the molecule is CN1CCN(c2cc(C(F)(F)F)ccc2/C=C2/OCCN(c3ccc(C(C)(C)C)cc3)C2=O)CC1. The van der Waals surface area contributed by atoms with Crippen molar-refractivity contribution in [3.63, 3.8) is 0 Å². The van der Waals surface area contributed by atoms with Crippen LogP contribution in [0.2, 0.25) is 0 Å². The van der Waals surface area contributed by atoms with E-state index in [0.29, 0.717) is 37.5 Å². The highest BCUT2D eigenvalue weighted by atomic mass is 19.4. The third-order valence-corrected chi connectivity index (χ3v) is 6.56. The summed E-state index contributed by atoms with van der Waals surface area (Å²) in [5, 5.41) is 0. The quantitative estimate of drug-likeness (QED) is 0.561. The van der Waals surface area contributed by atoms with Crippen LogP contribution in [0.25, 0.3) is 6.08 Å². The highest BCUT2D eigenvalue weighted by molar-refractivity contribution is 6.07. The van der Waals surface area contributed by atoms with Crippen LogP contribution in [0.5, 0.6) is 0 Å². The summed E-state index contributed by atoms with van der Waals surface area (Å²) in [4.78, 5) is 19.0. The molecule has 2 aromatic carbocycles. The number of anilines is 2. The Labute approximate surface area is 204 Å². The van der Waals surface area contributed by atoms with Crippen molar-refractivity contribution in [2.75, 3.05) is 56.2 Å². The first-order valence-electron chi connectivity index (χ1n) is 11.8. The van der Waals surface area contributed by atoms with E-state index >= 15 is 0 Å². The zero-order valence-electron chi connectivity index (χ0n) is 20.7. The second-order valence-corrected chi connectivity index (χ2v) is 10.2. The number of carbonyl (C=O) groups is 1. The molecule has 0 atom stereocenters. The first-order chi connectivity index (χ1) is 16.4. The van der Waals surface area contributed by atoms with Crippen molar-refractivity contribution in [2.24, 2.45) is 0 Å². The predicted octanol–water partition coefficient (Wildman–Crippen LogP) is 5.16. The number of likely N-dealkylation sites (N-methyl/N-ethyl adjacent to an activating group) is 1. The van der Waals surface area contributed by atoms with E-state index in [2.05, 4.69) is 25.7 Å². The highest BCUT2D eigenvalue weighted by Crippen LogP contribution is 2.35. The lowest BCUT2D eigenvalue weighted by Crippen LogP contribution is -2.44. The second-order valence-electron chi connectivity index (χ2n) is 10.2. The van der Waals surface area contributed by atoms with Crippen LogP contribution in [0, 0.1) is 0 Å². The molecule has 0 aliphatic carbocycles. The summed E-state index contributed by atoms with van der Waals surface area (Å²) < 4.78 is 46.1. The van der Waals surface area contributed by atoms with Crippen LogP contribution in [-0.2, 0) is 21.1 Å². The lowest BCUT2D eigenvalue weighted by molar-refractivity contribution is -0.137. The molecule has 0 unspecified atom stereocenters. The van der Waals surface area contributed by atoms with Crippen LogP contribution >= 0.6 is 0 Å². The molecule has 2 fully saturated rings. The van der Waals surface area contributed by atoms with Gasteiger partial charge < -0.3 is 19.4 Å². The van der Waals surface area contributed by atoms with E-state index in [4.69, 9.17) is 4.74 Å². The first-order valence-corrected chi connectivity index (χ1v) is 11.8. The lowest BCUT2D eigenvalue weighted by atomic mass is 9.87. The van der Waals surface area contributed by atoms with Gasteiger partial charge in [0.05, 0.1) is 12.1 Å². The molecule has 0 N–H and O–H groups in total. The van der Waals surface area contributed by atoms with Crippen molar-refractivity contribution >= 4 is 23.4 Å². The van der Waals surface area contributed by atoms with Crippen LogP contribution in [0.4, 0.5) is 24.5 Å². The second kappa shape index (κ2) is 9.57. The van der Waals surface area contributed by atoms with Crippen LogP contribution in [0.15, 0.2) is 48.2 Å². The smallest absolute Gasteiger partial charge is 0.416 e. The number of benzene rings is 2. The molecule has 2 aliphatic heterocycles. The molecule has 0 bridgehead atoms. The van der Waals surface area contributed by atoms with Gasteiger partial charge in [-0.25, -0.2) is 0 Å². The maximum atomic E-state index is 13.5. The topological polar surface area (TPSA) is 36.0 Å². The van der Waals surface area contributed by atoms with Crippen molar-refractivity contribution in [2.45, 2.75) is 32.4 Å². The number of hydrogen-bond donors (Lipinski definition) is 0. The summed E-state index contributed by atoms with van der Waals surface area (Å²) in [5.74, 6) is -0.171. The molecule has 8 heteroatoms. The number of ether oxygens (including phenoxy) is 1. The average Bonchev–Trinajstić information content (AvgIpc) is 2.80. The van der Waals surface area contributed by atoms with Gasteiger partial charge in [-0.15, -0.1) is 0 Å². The van der Waals surface area contributed by atoms with Crippen molar-refractivity contribution in [1.82, 2.24) is 4.90 Å². The molecule has 2 aliphatic rings. The van der Waals surface area contributed by atoms with E-state index in [-0.39, 0.29) is 17.1 Å². The zero-order valence-corrected chi connectivity index (χ0v) is 20.7. The average molecular weight is 488 g/mol. The Balaban J connectivity index is 1.65. The monoisotopic (exact) mass is 487 g/mol. The van der Waals surface area contributed by atoms with Crippen molar-refractivity contribution in [3.8, 4) is 0 Å². The molecule has 5 nitrogen and oxygen atoms in total. The Kier molecular flexibility index (Phi) is 6.86. The minimum absolute atomic E-state index is 0.000842. The number of nitrogens with zero attached hydrogens (tertiary/aromatic N) is 3. The largest absolute Gasteiger partial charge is 0.486 e. The summed E-state index contributed by atoms with van der Waals surface area (Å²) in [6.07, 6.45) is -2.87. The lowest BCUT2D eigenvalue weighted by Gasteiger charge is -2.35. The van der Waals surface area contributed by atoms with Gasteiger partial charge in [0.2, 0.25) is 0 Å². The fourth-order valence-corrected chi connectivity index (χ4v) is 4.34. The number of alkyl halides is 3. The summed E-state index contributed by atoms with van der Waals surface area (Å²) in [6.45, 7) is 9.82. The van der Waals surface area contributed by atoms with Gasteiger partial charge in [0.25, 0.3) is 5.91 Å². The Morgan fingerprint density at radius 1 is 0.886 bits per heavy atom. The van der Waals surface area contributed by atoms with Crippen LogP contribution in [-0.4, -0.2) is 57.2 Å². The number of halogens is 3. The molecule has 1 amide bonds. The third kappa shape index (κ3) is 5.64. The molecule has 35 heavy (non-hydrogen) atoms. The Morgan fingerprint density at radius 2 is 1.51 bits per heavy atom. The van der Waals surface area contributed by atoms with Gasteiger partial charge in [-0.05, 0) is 48.4 Å². The first kappa shape index (κ1) is 25.1. The van der Waals surface area contributed by atoms with Gasteiger partial charge in [0.15, 0.2) is 5.76 Å². The molecule has 0 aromatic heterocycles. The van der Waals surface area contributed by atoms with Gasteiger partial charge in [0.1, 0.15) is 6.61 Å². The standard InChI is InChI=1S/C27H32F3N3O2/c1-26(2,3)20-7-9-22(10-8-20)33-15-16-35-24(25(33)34)17-19-5-6-21(27(28,29)30)18-23(19)32-13-11-31(4)12-14-32/h5-10,17-18H,11-16H2,1-4H3/b24-17+. The van der Waals surface area contributed by atoms with Gasteiger partial charge in [-0.2, -0.15) is 13.2 Å². The van der Waals surface area contributed by atoms with Crippen LogP contribution < -0.4 is 9.80 Å². The van der Waals surface area contributed by atoms with Gasteiger partial charge in [-0.1, -0.05) is 39.0 Å². The third-order valence-electron chi connectivity index (χ3n) is 6.56. The normalized spacial score (nSPS) is 19.3. The molecule has 2 aromatic rings. The molecule has 0 spiro atoms. The molecule has 4 rings (SSSR count). The molecular weight excluding hydrogens is 455 g/mol. The summed E-state index contributed by atoms with van der Waals surface area (Å²) >= 11 is 0. The van der Waals surface area contributed by atoms with E-state index in [0.717, 1.165) is 24.8 Å². The predicted molar refractivity (Wildman–Crippen MR) is 133 cm³/mol. The van der Waals surface area contributed by atoms with Crippen LogP contribution in [0.3, 0.4) is 0 Å². The van der Waals surface area contributed by atoms with Crippen LogP contribution in [0.1, 0.15) is 37.5 Å². The van der Waals surface area contributed by atoms with Gasteiger partial charge >= 0.3 is 6.18 Å². The number of carbonyl (C=O) groups excluding carboxylic acids is 1. The molecule has 2 heterocycles. The minimum atomic E-state index is -4.44. The molecule has 2 saturated heterocycles. The zero-order chi connectivity index (χ0) is 25.4. The number of hydrogen-bond acceptors (Lipinski definition) is 4. The number of piperazine rings is 1. The molecule has 188 valence electrons. The Bertz CT molecular complexity index is 1100. The number of rotatable bonds is 3. The van der Waals surface area contributed by atoms with Crippen molar-refractivity contribution in [1.29, 1.82) is 0 Å². The van der Waals surface area contributed by atoms with E-state index in [1.54, 1.807) is 11.0 Å². The summed E-state index contributed by atoms with van der Waals surface area (Å²) in [6, 6.07) is 11.5. The van der Waals surface area contributed by atoms with E-state index in [9.17, 15) is 18.0 Å². The van der Waals surface area contributed by atoms with E-state index < -0.39 is 11.7 Å². The molecular formula is C27H32F3N3O2. The summed E-state index contributed by atoms with van der Waals surface area (Å²) in [7, 11) is 1.99. The maximum absolute atomic E-state index is 13.5. The highest BCUT2D eigenvalue weighted by Gasteiger charge is 2.32. The maximum Gasteiger partial charge on any atom is 0.416 e. The Morgan fingerprint density at radius 3 is 2.11 bits per heavy atom. The van der Waals surface area contributed by atoms with Gasteiger partial charge in [0, 0.05) is 43.1 Å². The fourth-order valence-electron chi connectivity index (χ4n) is 4.34. The Hall–Kier alpha value is -3.00. The fraction of sp³-hybridized carbons (Fsp3) is 0.444. The molecule has 0 radical (unpaired) electrons. The minimum Gasteiger partial charge on any atom is -0.486 e. The number of morpholine rings is 1. The number of amides is 1. The van der Waals surface area contributed by atoms with Crippen molar-refractivity contribution in [3.05, 3.63) is 64.9 Å². The molecule has 0 saturated carbocycles. The van der Waals surface area contributed by atoms with Crippen molar-refractivity contribution < 1.29 is 22.7 Å².